The van der Waals surface area contributed by atoms with Gasteiger partial charge in [0.25, 0.3) is 11.8 Å². The lowest BCUT2D eigenvalue weighted by Crippen LogP contribution is -2.41. The molecule has 0 bridgehead atoms. The van der Waals surface area contributed by atoms with Gasteiger partial charge in [0.15, 0.2) is 0 Å². The molecule has 1 heterocycles. The standard InChI is InChI=1S/C20H24N2O3/c1-13(2)9-10-22-19(24)15-6-4-5-14-17(21(3)11-12-23)8-7-16(18(14)15)20(22)25/h4-8,13,23H,9-12H2,1-3H3. The zero-order chi connectivity index (χ0) is 18.1. The van der Waals surface area contributed by atoms with Crippen molar-refractivity contribution in [1.82, 2.24) is 4.90 Å². The van der Waals surface area contributed by atoms with Gasteiger partial charge in [0.2, 0.25) is 0 Å². The molecule has 5 heteroatoms. The molecule has 2 aromatic carbocycles. The molecule has 2 aromatic rings. The highest BCUT2D eigenvalue weighted by Gasteiger charge is 2.33. The van der Waals surface area contributed by atoms with Crippen LogP contribution < -0.4 is 4.90 Å². The number of nitrogens with zero attached hydrogens (tertiary/aromatic N) is 2. The van der Waals surface area contributed by atoms with Gasteiger partial charge in [-0.05, 0) is 30.5 Å². The average Bonchev–Trinajstić information content (AvgIpc) is 2.59. The number of hydrogen-bond acceptors (Lipinski definition) is 4. The zero-order valence-corrected chi connectivity index (χ0v) is 15.0. The Kier molecular flexibility index (Phi) is 4.77. The number of rotatable bonds is 6. The fraction of sp³-hybridized carbons (Fsp3) is 0.400. The number of aliphatic hydroxyl groups excluding tert-OH is 1. The summed E-state index contributed by atoms with van der Waals surface area (Å²) >= 11 is 0. The van der Waals surface area contributed by atoms with Crippen LogP contribution in [0.2, 0.25) is 0 Å². The Morgan fingerprint density at radius 2 is 1.76 bits per heavy atom. The predicted octanol–water partition coefficient (Wildman–Crippen LogP) is 2.91. The molecule has 0 fully saturated rings. The van der Waals surface area contributed by atoms with Crippen LogP contribution in [0.25, 0.3) is 10.8 Å². The van der Waals surface area contributed by atoms with Crippen molar-refractivity contribution in [2.45, 2.75) is 20.3 Å². The van der Waals surface area contributed by atoms with E-state index in [1.54, 1.807) is 12.1 Å². The topological polar surface area (TPSA) is 60.9 Å². The molecule has 25 heavy (non-hydrogen) atoms. The number of likely N-dealkylation sites (N-methyl/N-ethyl adjacent to an activating group) is 1. The largest absolute Gasteiger partial charge is 0.395 e. The monoisotopic (exact) mass is 340 g/mol. The summed E-state index contributed by atoms with van der Waals surface area (Å²) in [7, 11) is 1.89. The second-order valence-electron chi connectivity index (χ2n) is 6.95. The van der Waals surface area contributed by atoms with Gasteiger partial charge in [-0.3, -0.25) is 14.5 Å². The van der Waals surface area contributed by atoms with E-state index in [2.05, 4.69) is 13.8 Å². The zero-order valence-electron chi connectivity index (χ0n) is 15.0. The number of aliphatic hydroxyl groups is 1. The minimum atomic E-state index is -0.217. The normalized spacial score (nSPS) is 13.9. The maximum absolute atomic E-state index is 12.9. The molecule has 0 radical (unpaired) electrons. The maximum Gasteiger partial charge on any atom is 0.261 e. The molecule has 132 valence electrons. The predicted molar refractivity (Wildman–Crippen MR) is 99.1 cm³/mol. The van der Waals surface area contributed by atoms with Gasteiger partial charge in [0.1, 0.15) is 0 Å². The minimum Gasteiger partial charge on any atom is -0.395 e. The summed E-state index contributed by atoms with van der Waals surface area (Å²) in [6.45, 7) is 5.13. The first-order valence-corrected chi connectivity index (χ1v) is 8.69. The highest BCUT2D eigenvalue weighted by atomic mass is 16.3. The van der Waals surface area contributed by atoms with E-state index in [0.29, 0.717) is 30.1 Å². The number of carbonyl (C=O) groups is 2. The van der Waals surface area contributed by atoms with E-state index < -0.39 is 0 Å². The minimum absolute atomic E-state index is 0.0419. The molecule has 0 saturated heterocycles. The highest BCUT2D eigenvalue weighted by Crippen LogP contribution is 2.35. The molecule has 1 aliphatic heterocycles. The van der Waals surface area contributed by atoms with Gasteiger partial charge in [-0.1, -0.05) is 26.0 Å². The fourth-order valence-electron chi connectivity index (χ4n) is 3.32. The lowest BCUT2D eigenvalue weighted by Gasteiger charge is -2.29. The van der Waals surface area contributed by atoms with Crippen LogP contribution in [-0.4, -0.2) is 48.6 Å². The third-order valence-corrected chi connectivity index (χ3v) is 4.75. The van der Waals surface area contributed by atoms with E-state index >= 15 is 0 Å². The average molecular weight is 340 g/mol. The molecule has 0 aromatic heterocycles. The van der Waals surface area contributed by atoms with E-state index in [1.807, 2.05) is 30.1 Å². The van der Waals surface area contributed by atoms with Gasteiger partial charge in [0.05, 0.1) is 6.61 Å². The smallest absolute Gasteiger partial charge is 0.261 e. The van der Waals surface area contributed by atoms with Crippen LogP contribution in [0.1, 0.15) is 41.0 Å². The van der Waals surface area contributed by atoms with Crippen molar-refractivity contribution in [3.8, 4) is 0 Å². The van der Waals surface area contributed by atoms with Gasteiger partial charge in [-0.25, -0.2) is 0 Å². The molecule has 0 atom stereocenters. The van der Waals surface area contributed by atoms with E-state index in [-0.39, 0.29) is 18.4 Å². The molecule has 2 amide bonds. The van der Waals surface area contributed by atoms with Gasteiger partial charge >= 0.3 is 0 Å². The second-order valence-corrected chi connectivity index (χ2v) is 6.95. The molecular formula is C20H24N2O3. The molecule has 0 unspecified atom stereocenters. The lowest BCUT2D eigenvalue weighted by atomic mass is 9.92. The van der Waals surface area contributed by atoms with Gasteiger partial charge < -0.3 is 10.0 Å². The molecule has 0 aliphatic carbocycles. The van der Waals surface area contributed by atoms with Crippen LogP contribution in [0.4, 0.5) is 5.69 Å². The third kappa shape index (κ3) is 3.00. The van der Waals surface area contributed by atoms with Gasteiger partial charge in [-0.2, -0.15) is 0 Å². The van der Waals surface area contributed by atoms with Crippen molar-refractivity contribution >= 4 is 28.3 Å². The Bertz CT molecular complexity index is 807. The van der Waals surface area contributed by atoms with Crippen molar-refractivity contribution in [3.05, 3.63) is 41.5 Å². The SMILES string of the molecule is CC(C)CCN1C(=O)c2cccc3c(N(C)CCO)ccc(c23)C1=O. The van der Waals surface area contributed by atoms with E-state index in [9.17, 15) is 14.7 Å². The van der Waals surface area contributed by atoms with Crippen LogP contribution in [0.3, 0.4) is 0 Å². The van der Waals surface area contributed by atoms with E-state index in [1.165, 1.54) is 4.90 Å². The Balaban J connectivity index is 2.12. The summed E-state index contributed by atoms with van der Waals surface area (Å²) in [5, 5.41) is 10.8. The van der Waals surface area contributed by atoms with Crippen molar-refractivity contribution in [2.24, 2.45) is 5.92 Å². The third-order valence-electron chi connectivity index (χ3n) is 4.75. The van der Waals surface area contributed by atoms with Crippen LogP contribution in [0, 0.1) is 5.92 Å². The summed E-state index contributed by atoms with van der Waals surface area (Å²) in [5.41, 5.74) is 2.07. The van der Waals surface area contributed by atoms with Crippen LogP contribution >= 0.6 is 0 Å². The number of imide groups is 1. The lowest BCUT2D eigenvalue weighted by molar-refractivity contribution is 0.0604. The molecule has 3 rings (SSSR count). The summed E-state index contributed by atoms with van der Waals surface area (Å²) in [4.78, 5) is 29.1. The van der Waals surface area contributed by atoms with E-state index in [0.717, 1.165) is 22.9 Å². The summed E-state index contributed by atoms with van der Waals surface area (Å²) in [6.07, 6.45) is 0.792. The number of amides is 2. The van der Waals surface area contributed by atoms with Gasteiger partial charge in [-0.15, -0.1) is 0 Å². The van der Waals surface area contributed by atoms with Crippen molar-refractivity contribution < 1.29 is 14.7 Å². The summed E-state index contributed by atoms with van der Waals surface area (Å²) < 4.78 is 0. The highest BCUT2D eigenvalue weighted by molar-refractivity contribution is 6.26. The van der Waals surface area contributed by atoms with Crippen LogP contribution in [0.5, 0.6) is 0 Å². The van der Waals surface area contributed by atoms with Gasteiger partial charge in [0, 0.05) is 47.7 Å². The first-order chi connectivity index (χ1) is 12.0. The summed E-state index contributed by atoms with van der Waals surface area (Å²) in [6, 6.07) is 9.26. The van der Waals surface area contributed by atoms with Crippen LogP contribution in [0.15, 0.2) is 30.3 Å². The Morgan fingerprint density at radius 3 is 2.40 bits per heavy atom. The first kappa shape index (κ1) is 17.4. The van der Waals surface area contributed by atoms with Crippen molar-refractivity contribution in [2.75, 3.05) is 31.6 Å². The number of hydrogen-bond donors (Lipinski definition) is 1. The van der Waals surface area contributed by atoms with E-state index in [4.69, 9.17) is 0 Å². The van der Waals surface area contributed by atoms with Crippen molar-refractivity contribution in [1.29, 1.82) is 0 Å². The molecule has 0 saturated carbocycles. The van der Waals surface area contributed by atoms with Crippen LogP contribution in [-0.2, 0) is 0 Å². The molecule has 5 nitrogen and oxygen atoms in total. The molecule has 0 spiro atoms. The Hall–Kier alpha value is -2.40. The Morgan fingerprint density at radius 1 is 1.08 bits per heavy atom. The molecular weight excluding hydrogens is 316 g/mol. The molecule has 1 N–H and O–H groups in total. The number of anilines is 1. The maximum atomic E-state index is 12.9. The quantitative estimate of drug-likeness (QED) is 0.822. The van der Waals surface area contributed by atoms with Crippen molar-refractivity contribution in [3.63, 3.8) is 0 Å². The number of benzene rings is 2. The summed E-state index contributed by atoms with van der Waals surface area (Å²) in [5.74, 6) is -0.0104. The fourth-order valence-corrected chi connectivity index (χ4v) is 3.32. The number of carbonyl (C=O) groups excluding carboxylic acids is 2. The molecule has 1 aliphatic rings. The first-order valence-electron chi connectivity index (χ1n) is 8.69. The second kappa shape index (κ2) is 6.84. The Labute approximate surface area is 147 Å².